The van der Waals surface area contributed by atoms with Gasteiger partial charge in [-0.2, -0.15) is 12.6 Å². The Balaban J connectivity index is 3.30. The second-order valence-electron chi connectivity index (χ2n) is 9.58. The molecule has 7 nitrogen and oxygen atoms in total. The van der Waals surface area contributed by atoms with E-state index in [9.17, 15) is 14.4 Å². The molecule has 3 amide bonds. The zero-order valence-electron chi connectivity index (χ0n) is 21.6. The summed E-state index contributed by atoms with van der Waals surface area (Å²) in [6, 6.07) is 5.92. The Hall–Kier alpha value is -2.22. The summed E-state index contributed by atoms with van der Waals surface area (Å²) < 4.78 is 5.34. The van der Waals surface area contributed by atoms with E-state index in [2.05, 4.69) is 37.1 Å². The predicted octanol–water partition coefficient (Wildman–Crippen LogP) is 4.79. The summed E-state index contributed by atoms with van der Waals surface area (Å²) in [5.41, 5.74) is 1.11. The van der Waals surface area contributed by atoms with Crippen LogP contribution in [0.5, 0.6) is 0 Å². The molecule has 8 heteroatoms. The second-order valence-corrected chi connectivity index (χ2v) is 9.94. The molecule has 0 spiro atoms. The molecule has 0 radical (unpaired) electrons. The largest absolute Gasteiger partial charge is 0.444 e. The maximum atomic E-state index is 13.7. The smallest absolute Gasteiger partial charge is 0.408 e. The molecule has 0 bridgehead atoms. The number of nitrogens with zero attached hydrogens (tertiary/aromatic N) is 1. The Bertz CT molecular complexity index is 777. The van der Waals surface area contributed by atoms with Crippen LogP contribution in [0, 0.1) is 6.92 Å². The van der Waals surface area contributed by atoms with Gasteiger partial charge in [0.05, 0.1) is 0 Å². The van der Waals surface area contributed by atoms with Crippen molar-refractivity contribution in [1.29, 1.82) is 0 Å². The zero-order valence-corrected chi connectivity index (χ0v) is 22.5. The molecular formula is C26H43N3O4S. The first-order valence-corrected chi connectivity index (χ1v) is 12.9. The Morgan fingerprint density at radius 2 is 1.65 bits per heavy atom. The van der Waals surface area contributed by atoms with Crippen LogP contribution in [0.15, 0.2) is 24.3 Å². The van der Waals surface area contributed by atoms with Crippen LogP contribution in [0.4, 0.5) is 4.79 Å². The van der Waals surface area contributed by atoms with E-state index >= 15 is 0 Å². The van der Waals surface area contributed by atoms with E-state index < -0.39 is 23.8 Å². The quantitative estimate of drug-likeness (QED) is 0.272. The lowest BCUT2D eigenvalue weighted by atomic mass is 10.0. The maximum Gasteiger partial charge on any atom is 0.408 e. The Morgan fingerprint density at radius 3 is 2.18 bits per heavy atom. The van der Waals surface area contributed by atoms with Crippen molar-refractivity contribution in [1.82, 2.24) is 15.5 Å². The topological polar surface area (TPSA) is 87.7 Å². The molecule has 0 aliphatic heterocycles. The first-order valence-electron chi connectivity index (χ1n) is 12.3. The molecule has 0 aliphatic carbocycles. The van der Waals surface area contributed by atoms with Crippen molar-refractivity contribution < 1.29 is 19.1 Å². The zero-order chi connectivity index (χ0) is 25.7. The number of benzene rings is 1. The lowest BCUT2D eigenvalue weighted by molar-refractivity contribution is -0.142. The van der Waals surface area contributed by atoms with Gasteiger partial charge in [-0.05, 0) is 46.1 Å². The van der Waals surface area contributed by atoms with Gasteiger partial charge in [-0.25, -0.2) is 4.79 Å². The molecule has 2 atom stereocenters. The molecule has 1 aromatic carbocycles. The van der Waals surface area contributed by atoms with Gasteiger partial charge in [-0.1, -0.05) is 62.9 Å². The van der Waals surface area contributed by atoms with Crippen LogP contribution >= 0.6 is 12.6 Å². The van der Waals surface area contributed by atoms with Crippen molar-refractivity contribution in [3.63, 3.8) is 0 Å². The minimum atomic E-state index is -0.920. The summed E-state index contributed by atoms with van der Waals surface area (Å²) in [7, 11) is 0. The minimum absolute atomic E-state index is 0.0838. The molecule has 0 saturated carbocycles. The summed E-state index contributed by atoms with van der Waals surface area (Å²) in [4.78, 5) is 41.0. The van der Waals surface area contributed by atoms with E-state index in [0.29, 0.717) is 13.1 Å². The third kappa shape index (κ3) is 10.4. The number of aryl methyl sites for hydroxylation is 1. The van der Waals surface area contributed by atoms with Crippen LogP contribution in [0.25, 0.3) is 0 Å². The second kappa shape index (κ2) is 14.9. The van der Waals surface area contributed by atoms with Gasteiger partial charge < -0.3 is 20.3 Å². The SMILES string of the molecule is CCCCCN(C(=O)C(CS)NC(=O)OC(C)(C)C)C(C(=O)NCCCC)c1ccc(C)cc1. The summed E-state index contributed by atoms with van der Waals surface area (Å²) in [6.45, 7) is 12.3. The highest BCUT2D eigenvalue weighted by molar-refractivity contribution is 7.80. The highest BCUT2D eigenvalue weighted by atomic mass is 32.1. The van der Waals surface area contributed by atoms with Crippen LogP contribution in [-0.2, 0) is 14.3 Å². The lowest BCUT2D eigenvalue weighted by Crippen LogP contribution is -2.54. The van der Waals surface area contributed by atoms with Gasteiger partial charge in [0.25, 0.3) is 0 Å². The van der Waals surface area contributed by atoms with Crippen molar-refractivity contribution in [3.05, 3.63) is 35.4 Å². The summed E-state index contributed by atoms with van der Waals surface area (Å²) >= 11 is 4.32. The number of alkyl carbamates (subject to hydrolysis) is 1. The Morgan fingerprint density at radius 1 is 1.03 bits per heavy atom. The molecule has 1 aromatic rings. The van der Waals surface area contributed by atoms with E-state index in [1.165, 1.54) is 0 Å². The molecule has 2 unspecified atom stereocenters. The van der Waals surface area contributed by atoms with Crippen molar-refractivity contribution in [2.75, 3.05) is 18.8 Å². The molecular weight excluding hydrogens is 450 g/mol. The standard InChI is InChI=1S/C26H43N3O4S/c1-7-9-11-17-29(24(31)21(18-34)28-25(32)33-26(4,5)6)22(23(30)27-16-10-8-2)20-14-12-19(3)13-15-20/h12-15,21-22,34H,7-11,16-18H2,1-6H3,(H,27,30)(H,28,32). The van der Waals surface area contributed by atoms with E-state index in [4.69, 9.17) is 4.74 Å². The van der Waals surface area contributed by atoms with Crippen molar-refractivity contribution >= 4 is 30.5 Å². The Kier molecular flexibility index (Phi) is 13.1. The van der Waals surface area contributed by atoms with E-state index in [1.807, 2.05) is 31.2 Å². The maximum absolute atomic E-state index is 13.7. The normalized spacial score (nSPS) is 13.0. The molecule has 0 aliphatic rings. The van der Waals surface area contributed by atoms with Gasteiger partial charge in [0.15, 0.2) is 0 Å². The molecule has 0 saturated heterocycles. The highest BCUT2D eigenvalue weighted by Crippen LogP contribution is 2.24. The van der Waals surface area contributed by atoms with Crippen molar-refractivity contribution in [3.8, 4) is 0 Å². The summed E-state index contributed by atoms with van der Waals surface area (Å²) in [5.74, 6) is -0.494. The number of rotatable bonds is 13. The molecule has 0 fully saturated rings. The monoisotopic (exact) mass is 493 g/mol. The van der Waals surface area contributed by atoms with Gasteiger partial charge in [-0.3, -0.25) is 9.59 Å². The molecule has 0 aromatic heterocycles. The number of carbonyl (C=O) groups excluding carboxylic acids is 3. The van der Waals surface area contributed by atoms with Gasteiger partial charge in [0, 0.05) is 18.8 Å². The number of amides is 3. The summed E-state index contributed by atoms with van der Waals surface area (Å²) in [6.07, 6.45) is 3.77. The average molecular weight is 494 g/mol. The van der Waals surface area contributed by atoms with Crippen LogP contribution in [0.3, 0.4) is 0 Å². The third-order valence-electron chi connectivity index (χ3n) is 5.24. The minimum Gasteiger partial charge on any atom is -0.444 e. The molecule has 0 heterocycles. The molecule has 192 valence electrons. The van der Waals surface area contributed by atoms with Gasteiger partial charge >= 0.3 is 6.09 Å². The van der Waals surface area contributed by atoms with Crippen LogP contribution in [0.2, 0.25) is 0 Å². The number of carbonyl (C=O) groups is 3. The fourth-order valence-corrected chi connectivity index (χ4v) is 3.69. The van der Waals surface area contributed by atoms with Crippen LogP contribution in [-0.4, -0.2) is 53.3 Å². The van der Waals surface area contributed by atoms with Crippen LogP contribution < -0.4 is 10.6 Å². The molecule has 1 rings (SSSR count). The number of hydrogen-bond acceptors (Lipinski definition) is 5. The first kappa shape index (κ1) is 29.8. The fourth-order valence-electron chi connectivity index (χ4n) is 3.44. The van der Waals surface area contributed by atoms with E-state index in [0.717, 1.165) is 43.2 Å². The number of ether oxygens (including phenoxy) is 1. The van der Waals surface area contributed by atoms with Gasteiger partial charge in [0.2, 0.25) is 11.8 Å². The fraction of sp³-hybridized carbons (Fsp3) is 0.654. The highest BCUT2D eigenvalue weighted by Gasteiger charge is 2.35. The van der Waals surface area contributed by atoms with Crippen molar-refractivity contribution in [2.45, 2.75) is 91.3 Å². The van der Waals surface area contributed by atoms with E-state index in [-0.39, 0.29) is 17.6 Å². The predicted molar refractivity (Wildman–Crippen MR) is 140 cm³/mol. The lowest BCUT2D eigenvalue weighted by Gasteiger charge is -2.34. The van der Waals surface area contributed by atoms with Gasteiger partial charge in [0.1, 0.15) is 17.7 Å². The number of hydrogen-bond donors (Lipinski definition) is 3. The van der Waals surface area contributed by atoms with Crippen molar-refractivity contribution in [2.24, 2.45) is 0 Å². The number of nitrogens with one attached hydrogen (secondary N) is 2. The molecule has 2 N–H and O–H groups in total. The first-order chi connectivity index (χ1) is 16.0. The van der Waals surface area contributed by atoms with Gasteiger partial charge in [-0.15, -0.1) is 0 Å². The molecule has 34 heavy (non-hydrogen) atoms. The third-order valence-corrected chi connectivity index (χ3v) is 5.61. The van der Waals surface area contributed by atoms with Crippen LogP contribution in [0.1, 0.15) is 83.9 Å². The summed E-state index contributed by atoms with van der Waals surface area (Å²) in [5, 5.41) is 5.63. The number of unbranched alkanes of at least 4 members (excludes halogenated alkanes) is 3. The number of thiol groups is 1. The average Bonchev–Trinajstić information content (AvgIpc) is 2.76. The Labute approximate surface area is 210 Å². The van der Waals surface area contributed by atoms with E-state index in [1.54, 1.807) is 25.7 Å².